The van der Waals surface area contributed by atoms with Crippen molar-refractivity contribution in [2.75, 3.05) is 25.5 Å². The van der Waals surface area contributed by atoms with Gasteiger partial charge >= 0.3 is 5.97 Å². The Balaban J connectivity index is 2.14. The Morgan fingerprint density at radius 1 is 0.878 bits per heavy atom. The highest BCUT2D eigenvalue weighted by molar-refractivity contribution is 8.00. The summed E-state index contributed by atoms with van der Waals surface area (Å²) in [5, 5.41) is 8.73. The number of carbonyl (C=O) groups excluding carboxylic acids is 2. The molecule has 41 heavy (non-hydrogen) atoms. The van der Waals surface area contributed by atoms with Crippen LogP contribution in [0.4, 0.5) is 0 Å². The van der Waals surface area contributed by atoms with E-state index in [1.54, 1.807) is 11.8 Å². The van der Waals surface area contributed by atoms with Crippen molar-refractivity contribution in [3.8, 4) is 0 Å². The van der Waals surface area contributed by atoms with Crippen LogP contribution in [0.3, 0.4) is 0 Å². The summed E-state index contributed by atoms with van der Waals surface area (Å²) in [4.78, 5) is 37.6. The van der Waals surface area contributed by atoms with Gasteiger partial charge in [-0.3, -0.25) is 19.3 Å². The summed E-state index contributed by atoms with van der Waals surface area (Å²) in [6, 6.07) is 0. The maximum Gasteiger partial charge on any atom is 0.303 e. The molecule has 1 fully saturated rings. The van der Waals surface area contributed by atoms with Crippen molar-refractivity contribution < 1.29 is 29.0 Å². The monoisotopic (exact) mass is 599 g/mol. The van der Waals surface area contributed by atoms with Gasteiger partial charge in [-0.15, -0.1) is 11.8 Å². The van der Waals surface area contributed by atoms with E-state index in [1.807, 2.05) is 27.7 Å². The van der Waals surface area contributed by atoms with E-state index in [-0.39, 0.29) is 43.1 Å². The minimum atomic E-state index is -0.834. The average Bonchev–Trinajstić information content (AvgIpc) is 3.20. The lowest BCUT2D eigenvalue weighted by molar-refractivity contribution is -0.149. The van der Waals surface area contributed by atoms with Gasteiger partial charge in [0.1, 0.15) is 0 Å². The second-order valence-electron chi connectivity index (χ2n) is 12.6. The molecule has 0 aromatic rings. The number of likely N-dealkylation sites (tertiary alicyclic amines) is 1. The third kappa shape index (κ3) is 17.6. The van der Waals surface area contributed by atoms with Crippen LogP contribution in [-0.4, -0.2) is 69.8 Å². The first-order chi connectivity index (χ1) is 19.5. The maximum absolute atomic E-state index is 12.8. The largest absolute Gasteiger partial charge is 0.481 e. The zero-order valence-electron chi connectivity index (χ0n) is 27.0. The fourth-order valence-corrected chi connectivity index (χ4v) is 6.25. The SMILES string of the molecule is CCCCCCCCCCCCCCCCSC1CC(=O)N(CCOC(C)(C)COC(C)(CC)CCC(=O)O)C1=O. The fourth-order valence-electron chi connectivity index (χ4n) is 5.07. The van der Waals surface area contributed by atoms with Gasteiger partial charge in [0.05, 0.1) is 36.2 Å². The first-order valence-electron chi connectivity index (χ1n) is 16.5. The van der Waals surface area contributed by atoms with Gasteiger partial charge < -0.3 is 14.6 Å². The van der Waals surface area contributed by atoms with E-state index in [2.05, 4.69) is 6.92 Å². The summed E-state index contributed by atoms with van der Waals surface area (Å²) in [5.41, 5.74) is -1.15. The van der Waals surface area contributed by atoms with Crippen molar-refractivity contribution in [2.24, 2.45) is 0 Å². The number of hydrogen-bond donors (Lipinski definition) is 1. The van der Waals surface area contributed by atoms with E-state index in [0.29, 0.717) is 19.4 Å². The van der Waals surface area contributed by atoms with E-state index < -0.39 is 17.2 Å². The number of ether oxygens (including phenoxy) is 2. The van der Waals surface area contributed by atoms with Gasteiger partial charge in [0, 0.05) is 12.8 Å². The van der Waals surface area contributed by atoms with Gasteiger partial charge in [0.25, 0.3) is 0 Å². The smallest absolute Gasteiger partial charge is 0.303 e. The number of rotatable bonds is 27. The molecule has 1 aliphatic heterocycles. The van der Waals surface area contributed by atoms with Gasteiger partial charge in [0.2, 0.25) is 11.8 Å². The first-order valence-corrected chi connectivity index (χ1v) is 17.5. The van der Waals surface area contributed by atoms with Crippen LogP contribution in [0.25, 0.3) is 0 Å². The van der Waals surface area contributed by atoms with Gasteiger partial charge in [-0.05, 0) is 45.8 Å². The number of unbranched alkanes of at least 4 members (excludes halogenated alkanes) is 13. The van der Waals surface area contributed by atoms with Crippen molar-refractivity contribution in [3.63, 3.8) is 0 Å². The molecule has 8 heteroatoms. The van der Waals surface area contributed by atoms with E-state index in [4.69, 9.17) is 14.6 Å². The summed E-state index contributed by atoms with van der Waals surface area (Å²) in [7, 11) is 0. The molecule has 2 atom stereocenters. The minimum absolute atomic E-state index is 0.0589. The highest BCUT2D eigenvalue weighted by Crippen LogP contribution is 2.27. The van der Waals surface area contributed by atoms with Crippen LogP contribution < -0.4 is 0 Å². The van der Waals surface area contributed by atoms with E-state index in [9.17, 15) is 14.4 Å². The Hall–Kier alpha value is -1.12. The Labute approximate surface area is 255 Å². The lowest BCUT2D eigenvalue weighted by atomic mass is 9.96. The predicted octanol–water partition coefficient (Wildman–Crippen LogP) is 8.17. The number of carboxylic acid groups (broad SMARTS) is 1. The quantitative estimate of drug-likeness (QED) is 0.0752. The number of carbonyl (C=O) groups is 3. The second-order valence-corrected chi connectivity index (χ2v) is 13.9. The molecule has 0 aromatic carbocycles. The molecule has 1 aliphatic rings. The number of imide groups is 1. The summed E-state index contributed by atoms with van der Waals surface area (Å²) in [5.74, 6) is -0.109. The molecule has 1 saturated heterocycles. The predicted molar refractivity (Wildman–Crippen MR) is 169 cm³/mol. The molecule has 7 nitrogen and oxygen atoms in total. The summed E-state index contributed by atoms with van der Waals surface area (Å²) < 4.78 is 12.0. The molecule has 1 N–H and O–H groups in total. The van der Waals surface area contributed by atoms with Crippen LogP contribution >= 0.6 is 11.8 Å². The van der Waals surface area contributed by atoms with E-state index in [1.165, 1.54) is 88.4 Å². The van der Waals surface area contributed by atoms with Gasteiger partial charge in [-0.2, -0.15) is 0 Å². The Kier molecular flexibility index (Phi) is 19.9. The number of aliphatic carboxylic acids is 1. The molecule has 1 heterocycles. The summed E-state index contributed by atoms with van der Waals surface area (Å²) >= 11 is 1.63. The molecule has 0 saturated carbocycles. The molecular formula is C33H61NO6S. The van der Waals surface area contributed by atoms with Crippen molar-refractivity contribution in [3.05, 3.63) is 0 Å². The van der Waals surface area contributed by atoms with Gasteiger partial charge in [-0.25, -0.2) is 0 Å². The zero-order valence-corrected chi connectivity index (χ0v) is 27.8. The van der Waals surface area contributed by atoms with Crippen molar-refractivity contribution in [1.29, 1.82) is 0 Å². The Morgan fingerprint density at radius 2 is 1.41 bits per heavy atom. The van der Waals surface area contributed by atoms with Crippen molar-refractivity contribution >= 4 is 29.5 Å². The lowest BCUT2D eigenvalue weighted by Crippen LogP contribution is -2.41. The maximum atomic E-state index is 12.8. The molecule has 2 unspecified atom stereocenters. The molecule has 1 rings (SSSR count). The third-order valence-electron chi connectivity index (χ3n) is 8.21. The summed E-state index contributed by atoms with van der Waals surface area (Å²) in [6.45, 7) is 10.8. The van der Waals surface area contributed by atoms with Crippen LogP contribution in [0.1, 0.15) is 150 Å². The van der Waals surface area contributed by atoms with Crippen LogP contribution in [0, 0.1) is 0 Å². The number of hydrogen-bond acceptors (Lipinski definition) is 6. The summed E-state index contributed by atoms with van der Waals surface area (Å²) in [6.07, 6.45) is 20.1. The van der Waals surface area contributed by atoms with Gasteiger partial charge in [0.15, 0.2) is 0 Å². The normalized spacial score (nSPS) is 17.4. The number of nitrogens with zero attached hydrogens (tertiary/aromatic N) is 1. The number of carboxylic acids is 1. The molecule has 240 valence electrons. The highest BCUT2D eigenvalue weighted by Gasteiger charge is 2.38. The molecule has 0 aliphatic carbocycles. The topological polar surface area (TPSA) is 93.1 Å². The average molecular weight is 600 g/mol. The van der Waals surface area contributed by atoms with Gasteiger partial charge in [-0.1, -0.05) is 97.3 Å². The van der Waals surface area contributed by atoms with Crippen molar-refractivity contribution in [2.45, 2.75) is 167 Å². The minimum Gasteiger partial charge on any atom is -0.481 e. The molecule has 0 bridgehead atoms. The Bertz CT molecular complexity index is 745. The molecule has 2 amide bonds. The number of thioether (sulfide) groups is 1. The molecule has 0 spiro atoms. The second kappa shape index (κ2) is 21.6. The highest BCUT2D eigenvalue weighted by atomic mass is 32.2. The van der Waals surface area contributed by atoms with Crippen molar-refractivity contribution in [1.82, 2.24) is 4.90 Å². The standard InChI is InChI=1S/C33H61NO6S/c1-6-8-9-10-11-12-13-14-15-16-17-18-19-20-25-41-28-26-29(35)34(31(28)38)23-24-39-32(3,4)27-40-33(5,7-2)22-21-30(36)37/h28H,6-27H2,1-5H3,(H,36,37). The zero-order chi connectivity index (χ0) is 30.6. The van der Waals surface area contributed by atoms with Crippen LogP contribution in [0.5, 0.6) is 0 Å². The molecular weight excluding hydrogens is 538 g/mol. The third-order valence-corrected chi connectivity index (χ3v) is 9.51. The molecule has 0 radical (unpaired) electrons. The lowest BCUT2D eigenvalue weighted by Gasteiger charge is -2.34. The first kappa shape index (κ1) is 37.9. The Morgan fingerprint density at radius 3 is 1.93 bits per heavy atom. The van der Waals surface area contributed by atoms with E-state index >= 15 is 0 Å². The van der Waals surface area contributed by atoms with Crippen LogP contribution in [0.2, 0.25) is 0 Å². The fraction of sp³-hybridized carbons (Fsp3) is 0.909. The van der Waals surface area contributed by atoms with Crippen LogP contribution in [-0.2, 0) is 23.9 Å². The molecule has 0 aromatic heterocycles. The van der Waals surface area contributed by atoms with Crippen LogP contribution in [0.15, 0.2) is 0 Å². The van der Waals surface area contributed by atoms with E-state index in [0.717, 1.165) is 12.2 Å². The number of amides is 2.